The van der Waals surface area contributed by atoms with E-state index in [4.69, 9.17) is 5.11 Å². The van der Waals surface area contributed by atoms with Crippen molar-refractivity contribution in [1.82, 2.24) is 9.62 Å². The molecule has 6 nitrogen and oxygen atoms in total. The fourth-order valence-electron chi connectivity index (χ4n) is 3.03. The number of hydrogen-bond donors (Lipinski definition) is 2. The Morgan fingerprint density at radius 2 is 1.74 bits per heavy atom. The highest BCUT2D eigenvalue weighted by Crippen LogP contribution is 2.27. The fraction of sp³-hybridized carbons (Fsp3) is 0.917. The third-order valence-corrected chi connectivity index (χ3v) is 6.14. The topological polar surface area (TPSA) is 86.7 Å². The monoisotopic (exact) mass is 290 g/mol. The highest BCUT2D eigenvalue weighted by atomic mass is 32.2. The standard InChI is InChI=1S/C12H22N2O4S/c15-12(16)13-11-5-7-14(8-6-11)19(17,18)9-10-3-1-2-4-10/h10-11,13H,1-9H2,(H,15,16). The minimum Gasteiger partial charge on any atom is -0.465 e. The molecule has 1 saturated carbocycles. The van der Waals surface area contributed by atoms with Gasteiger partial charge in [-0.3, -0.25) is 0 Å². The first kappa shape index (κ1) is 14.6. The van der Waals surface area contributed by atoms with E-state index in [1.54, 1.807) is 0 Å². The molecule has 110 valence electrons. The highest BCUT2D eigenvalue weighted by molar-refractivity contribution is 7.89. The van der Waals surface area contributed by atoms with Crippen LogP contribution in [0.1, 0.15) is 38.5 Å². The summed E-state index contributed by atoms with van der Waals surface area (Å²) in [4.78, 5) is 10.5. The van der Waals surface area contributed by atoms with Gasteiger partial charge in [-0.25, -0.2) is 17.5 Å². The lowest BCUT2D eigenvalue weighted by molar-refractivity contribution is 0.183. The van der Waals surface area contributed by atoms with Crippen molar-refractivity contribution in [3.8, 4) is 0 Å². The molecule has 0 aromatic carbocycles. The SMILES string of the molecule is O=C(O)NC1CCN(S(=O)(=O)CC2CCCC2)CC1. The maximum atomic E-state index is 12.3. The zero-order valence-electron chi connectivity index (χ0n) is 11.0. The summed E-state index contributed by atoms with van der Waals surface area (Å²) in [7, 11) is -3.16. The van der Waals surface area contributed by atoms with Crippen LogP contribution >= 0.6 is 0 Å². The van der Waals surface area contributed by atoms with Crippen molar-refractivity contribution in [3.05, 3.63) is 0 Å². The summed E-state index contributed by atoms with van der Waals surface area (Å²) in [5.41, 5.74) is 0. The third-order valence-electron chi connectivity index (χ3n) is 4.10. The summed E-state index contributed by atoms with van der Waals surface area (Å²) < 4.78 is 26.1. The smallest absolute Gasteiger partial charge is 0.404 e. The number of piperidine rings is 1. The van der Waals surface area contributed by atoms with Crippen LogP contribution in [0.15, 0.2) is 0 Å². The molecule has 1 saturated heterocycles. The molecule has 0 bridgehead atoms. The molecule has 1 aliphatic heterocycles. The van der Waals surface area contributed by atoms with Gasteiger partial charge in [-0.15, -0.1) is 0 Å². The van der Waals surface area contributed by atoms with Crippen LogP contribution in [0.2, 0.25) is 0 Å². The average molecular weight is 290 g/mol. The van der Waals surface area contributed by atoms with Crippen LogP contribution < -0.4 is 5.32 Å². The van der Waals surface area contributed by atoms with Gasteiger partial charge in [0, 0.05) is 19.1 Å². The molecule has 0 aromatic rings. The van der Waals surface area contributed by atoms with Crippen LogP contribution in [-0.4, -0.2) is 48.8 Å². The Morgan fingerprint density at radius 3 is 2.26 bits per heavy atom. The van der Waals surface area contributed by atoms with Crippen LogP contribution in [0.25, 0.3) is 0 Å². The van der Waals surface area contributed by atoms with Crippen LogP contribution in [0, 0.1) is 5.92 Å². The molecule has 7 heteroatoms. The molecule has 0 radical (unpaired) electrons. The van der Waals surface area contributed by atoms with E-state index in [0.717, 1.165) is 25.7 Å². The average Bonchev–Trinajstić information content (AvgIpc) is 2.81. The number of carboxylic acid groups (broad SMARTS) is 1. The van der Waals surface area contributed by atoms with Crippen LogP contribution in [0.3, 0.4) is 0 Å². The lowest BCUT2D eigenvalue weighted by Gasteiger charge is -2.31. The molecule has 19 heavy (non-hydrogen) atoms. The normalized spacial score (nSPS) is 23.6. The third kappa shape index (κ3) is 4.07. The molecular weight excluding hydrogens is 268 g/mol. The van der Waals surface area contributed by atoms with Gasteiger partial charge in [0.2, 0.25) is 10.0 Å². The molecular formula is C12H22N2O4S. The largest absolute Gasteiger partial charge is 0.465 e. The summed E-state index contributed by atoms with van der Waals surface area (Å²) in [5.74, 6) is 0.587. The van der Waals surface area contributed by atoms with Gasteiger partial charge in [-0.2, -0.15) is 0 Å². The summed E-state index contributed by atoms with van der Waals surface area (Å²) >= 11 is 0. The van der Waals surface area contributed by atoms with Gasteiger partial charge < -0.3 is 10.4 Å². The maximum Gasteiger partial charge on any atom is 0.404 e. The lowest BCUT2D eigenvalue weighted by Crippen LogP contribution is -2.47. The molecule has 1 heterocycles. The minimum absolute atomic E-state index is 0.115. The number of rotatable bonds is 4. The van der Waals surface area contributed by atoms with Gasteiger partial charge in [0.25, 0.3) is 0 Å². The number of carbonyl (C=O) groups is 1. The zero-order valence-corrected chi connectivity index (χ0v) is 11.9. The Kier molecular flexibility index (Phi) is 4.67. The molecule has 2 aliphatic rings. The van der Waals surface area contributed by atoms with Crippen molar-refractivity contribution in [3.63, 3.8) is 0 Å². The van der Waals surface area contributed by atoms with Crippen molar-refractivity contribution in [1.29, 1.82) is 0 Å². The Morgan fingerprint density at radius 1 is 1.16 bits per heavy atom. The van der Waals surface area contributed by atoms with E-state index >= 15 is 0 Å². The molecule has 1 aliphatic carbocycles. The summed E-state index contributed by atoms with van der Waals surface area (Å²) in [5, 5.41) is 11.1. The first-order chi connectivity index (χ1) is 8.97. The zero-order chi connectivity index (χ0) is 13.9. The van der Waals surface area contributed by atoms with E-state index in [1.165, 1.54) is 4.31 Å². The van der Waals surface area contributed by atoms with Crippen molar-refractivity contribution in [2.75, 3.05) is 18.8 Å². The van der Waals surface area contributed by atoms with Gasteiger partial charge in [-0.1, -0.05) is 12.8 Å². The predicted molar refractivity (Wildman–Crippen MR) is 71.5 cm³/mol. The van der Waals surface area contributed by atoms with Gasteiger partial charge in [0.15, 0.2) is 0 Å². The number of hydrogen-bond acceptors (Lipinski definition) is 3. The predicted octanol–water partition coefficient (Wildman–Crippen LogP) is 1.24. The number of nitrogens with one attached hydrogen (secondary N) is 1. The summed E-state index contributed by atoms with van der Waals surface area (Å²) in [6.45, 7) is 0.861. The van der Waals surface area contributed by atoms with Crippen molar-refractivity contribution in [2.24, 2.45) is 5.92 Å². The number of amides is 1. The van der Waals surface area contributed by atoms with Crippen LogP contribution in [0.5, 0.6) is 0 Å². The van der Waals surface area contributed by atoms with E-state index in [0.29, 0.717) is 31.8 Å². The van der Waals surface area contributed by atoms with Crippen LogP contribution in [0.4, 0.5) is 4.79 Å². The molecule has 0 atom stereocenters. The molecule has 2 fully saturated rings. The van der Waals surface area contributed by atoms with Gasteiger partial charge in [0.1, 0.15) is 0 Å². The Labute approximate surface area is 114 Å². The Bertz CT molecular complexity index is 409. The Hall–Kier alpha value is -0.820. The molecule has 2 rings (SSSR count). The van der Waals surface area contributed by atoms with Crippen molar-refractivity contribution < 1.29 is 18.3 Å². The molecule has 1 amide bonds. The lowest BCUT2D eigenvalue weighted by atomic mass is 10.1. The quantitative estimate of drug-likeness (QED) is 0.815. The molecule has 2 N–H and O–H groups in total. The minimum atomic E-state index is -3.16. The second-order valence-electron chi connectivity index (χ2n) is 5.55. The molecule has 0 unspecified atom stereocenters. The van der Waals surface area contributed by atoms with E-state index in [9.17, 15) is 13.2 Å². The molecule has 0 spiro atoms. The first-order valence-electron chi connectivity index (χ1n) is 6.94. The fourth-order valence-corrected chi connectivity index (χ4v) is 4.94. The number of sulfonamides is 1. The Balaban J connectivity index is 1.83. The molecule has 0 aromatic heterocycles. The second-order valence-corrected chi connectivity index (χ2v) is 7.57. The first-order valence-corrected chi connectivity index (χ1v) is 8.55. The van der Waals surface area contributed by atoms with Crippen molar-refractivity contribution in [2.45, 2.75) is 44.6 Å². The van der Waals surface area contributed by atoms with E-state index in [-0.39, 0.29) is 11.8 Å². The van der Waals surface area contributed by atoms with Gasteiger partial charge in [0.05, 0.1) is 5.75 Å². The highest BCUT2D eigenvalue weighted by Gasteiger charge is 2.31. The van der Waals surface area contributed by atoms with Gasteiger partial charge in [-0.05, 0) is 31.6 Å². The van der Waals surface area contributed by atoms with Crippen LogP contribution in [-0.2, 0) is 10.0 Å². The van der Waals surface area contributed by atoms with E-state index < -0.39 is 16.1 Å². The summed E-state index contributed by atoms with van der Waals surface area (Å²) in [6.07, 6.45) is 4.43. The second kappa shape index (κ2) is 6.09. The van der Waals surface area contributed by atoms with Gasteiger partial charge >= 0.3 is 6.09 Å². The number of nitrogens with zero attached hydrogens (tertiary/aromatic N) is 1. The van der Waals surface area contributed by atoms with E-state index in [2.05, 4.69) is 5.32 Å². The maximum absolute atomic E-state index is 12.3. The summed E-state index contributed by atoms with van der Waals surface area (Å²) in [6, 6.07) is -0.115. The van der Waals surface area contributed by atoms with E-state index in [1.807, 2.05) is 0 Å². The van der Waals surface area contributed by atoms with Crippen molar-refractivity contribution >= 4 is 16.1 Å².